The van der Waals surface area contributed by atoms with Crippen LogP contribution in [0.4, 0.5) is 8.78 Å². The quantitative estimate of drug-likeness (QED) is 0.868. The molecule has 1 unspecified atom stereocenters. The normalized spacial score (nSPS) is 12.3. The standard InChI is InChI=1S/C13H11BrF2N2O/c1-7(17)8-2-3-18-12(4-8)19-11-6-9(14)5-10(15)13(11)16/h2-7H,17H2,1H3. The molecule has 0 spiro atoms. The molecule has 2 rings (SSSR count). The summed E-state index contributed by atoms with van der Waals surface area (Å²) in [6.45, 7) is 1.80. The average Bonchev–Trinajstić information content (AvgIpc) is 2.35. The number of hydrogen-bond donors (Lipinski definition) is 1. The highest BCUT2D eigenvalue weighted by Gasteiger charge is 2.13. The highest BCUT2D eigenvalue weighted by Crippen LogP contribution is 2.29. The van der Waals surface area contributed by atoms with Crippen molar-refractivity contribution in [3.63, 3.8) is 0 Å². The van der Waals surface area contributed by atoms with E-state index < -0.39 is 11.6 Å². The molecule has 0 saturated carbocycles. The molecule has 0 bridgehead atoms. The molecule has 19 heavy (non-hydrogen) atoms. The molecule has 2 N–H and O–H groups in total. The minimum absolute atomic E-state index is 0.159. The van der Waals surface area contributed by atoms with Gasteiger partial charge in [0, 0.05) is 22.8 Å². The monoisotopic (exact) mass is 328 g/mol. The predicted octanol–water partition coefficient (Wildman–Crippen LogP) is 3.93. The van der Waals surface area contributed by atoms with Crippen molar-refractivity contribution in [2.24, 2.45) is 5.73 Å². The molecule has 0 aliphatic carbocycles. The minimum Gasteiger partial charge on any atom is -0.436 e. The van der Waals surface area contributed by atoms with Gasteiger partial charge < -0.3 is 10.5 Å². The van der Waals surface area contributed by atoms with Crippen LogP contribution >= 0.6 is 15.9 Å². The first kappa shape index (κ1) is 13.9. The summed E-state index contributed by atoms with van der Waals surface area (Å²) in [7, 11) is 0. The second-order valence-corrected chi connectivity index (χ2v) is 4.93. The number of hydrogen-bond acceptors (Lipinski definition) is 3. The Morgan fingerprint density at radius 1 is 1.32 bits per heavy atom. The Kier molecular flexibility index (Phi) is 4.11. The van der Waals surface area contributed by atoms with E-state index in [0.717, 1.165) is 11.6 Å². The highest BCUT2D eigenvalue weighted by molar-refractivity contribution is 9.10. The largest absolute Gasteiger partial charge is 0.436 e. The average molecular weight is 329 g/mol. The molecule has 0 radical (unpaired) electrons. The van der Waals surface area contributed by atoms with Gasteiger partial charge in [-0.1, -0.05) is 15.9 Å². The first-order valence-corrected chi connectivity index (χ1v) is 6.30. The van der Waals surface area contributed by atoms with Crippen molar-refractivity contribution < 1.29 is 13.5 Å². The van der Waals surface area contributed by atoms with Gasteiger partial charge in [0.1, 0.15) is 0 Å². The second-order valence-electron chi connectivity index (χ2n) is 4.02. The number of rotatable bonds is 3. The summed E-state index contributed by atoms with van der Waals surface area (Å²) in [6.07, 6.45) is 1.50. The molecule has 1 heterocycles. The van der Waals surface area contributed by atoms with E-state index in [4.69, 9.17) is 10.5 Å². The lowest BCUT2D eigenvalue weighted by Crippen LogP contribution is -2.05. The Morgan fingerprint density at radius 3 is 2.74 bits per heavy atom. The van der Waals surface area contributed by atoms with E-state index in [1.807, 2.05) is 0 Å². The molecule has 1 atom stereocenters. The van der Waals surface area contributed by atoms with Crippen molar-refractivity contribution in [1.29, 1.82) is 0 Å². The fourth-order valence-electron chi connectivity index (χ4n) is 1.48. The summed E-state index contributed by atoms with van der Waals surface area (Å²) in [6, 6.07) is 5.47. The maximum atomic E-state index is 13.6. The minimum atomic E-state index is -1.06. The number of pyridine rings is 1. The molecule has 0 aliphatic heterocycles. The molecule has 2 aromatic rings. The molecular weight excluding hydrogens is 318 g/mol. The summed E-state index contributed by atoms with van der Waals surface area (Å²) < 4.78 is 32.4. The van der Waals surface area contributed by atoms with Gasteiger partial charge in [0.25, 0.3) is 0 Å². The maximum absolute atomic E-state index is 13.6. The van der Waals surface area contributed by atoms with E-state index in [9.17, 15) is 8.78 Å². The zero-order valence-electron chi connectivity index (χ0n) is 10.0. The van der Waals surface area contributed by atoms with Crippen LogP contribution in [0.15, 0.2) is 34.9 Å². The molecule has 0 aliphatic rings. The number of benzene rings is 1. The molecule has 0 saturated heterocycles. The molecule has 100 valence electrons. The third-order valence-electron chi connectivity index (χ3n) is 2.46. The van der Waals surface area contributed by atoms with Gasteiger partial charge in [-0.2, -0.15) is 4.39 Å². The van der Waals surface area contributed by atoms with Crippen molar-refractivity contribution in [2.45, 2.75) is 13.0 Å². The predicted molar refractivity (Wildman–Crippen MR) is 71.0 cm³/mol. The lowest BCUT2D eigenvalue weighted by atomic mass is 10.1. The van der Waals surface area contributed by atoms with Crippen LogP contribution in [-0.4, -0.2) is 4.98 Å². The number of halogens is 3. The Bertz CT molecular complexity index is 605. The van der Waals surface area contributed by atoms with Crippen molar-refractivity contribution in [3.8, 4) is 11.6 Å². The van der Waals surface area contributed by atoms with Crippen LogP contribution in [0.5, 0.6) is 11.6 Å². The molecule has 3 nitrogen and oxygen atoms in total. The molecule has 0 amide bonds. The molecular formula is C13H11BrF2N2O. The lowest BCUT2D eigenvalue weighted by molar-refractivity contribution is 0.404. The smallest absolute Gasteiger partial charge is 0.219 e. The topological polar surface area (TPSA) is 48.1 Å². The Morgan fingerprint density at radius 2 is 2.05 bits per heavy atom. The zero-order valence-corrected chi connectivity index (χ0v) is 11.6. The van der Waals surface area contributed by atoms with E-state index in [2.05, 4.69) is 20.9 Å². The molecule has 1 aromatic heterocycles. The number of nitrogens with zero attached hydrogens (tertiary/aromatic N) is 1. The second kappa shape index (κ2) is 5.63. The van der Waals surface area contributed by atoms with Gasteiger partial charge in [-0.15, -0.1) is 0 Å². The molecule has 6 heteroatoms. The van der Waals surface area contributed by atoms with Gasteiger partial charge in [-0.05, 0) is 30.7 Å². The van der Waals surface area contributed by atoms with Crippen LogP contribution < -0.4 is 10.5 Å². The lowest BCUT2D eigenvalue weighted by Gasteiger charge is -2.10. The Balaban J connectivity index is 2.33. The van der Waals surface area contributed by atoms with Gasteiger partial charge in [-0.25, -0.2) is 9.37 Å². The van der Waals surface area contributed by atoms with Gasteiger partial charge in [0.15, 0.2) is 11.6 Å². The summed E-state index contributed by atoms with van der Waals surface area (Å²) >= 11 is 3.07. The summed E-state index contributed by atoms with van der Waals surface area (Å²) in [4.78, 5) is 3.94. The zero-order chi connectivity index (χ0) is 14.0. The summed E-state index contributed by atoms with van der Waals surface area (Å²) in [5, 5.41) is 0. The van der Waals surface area contributed by atoms with E-state index in [0.29, 0.717) is 4.47 Å². The third-order valence-corrected chi connectivity index (χ3v) is 2.92. The third kappa shape index (κ3) is 3.27. The van der Waals surface area contributed by atoms with Gasteiger partial charge in [0.05, 0.1) is 0 Å². The SMILES string of the molecule is CC(N)c1ccnc(Oc2cc(Br)cc(F)c2F)c1. The van der Waals surface area contributed by atoms with Crippen molar-refractivity contribution >= 4 is 15.9 Å². The van der Waals surface area contributed by atoms with Crippen LogP contribution in [-0.2, 0) is 0 Å². The van der Waals surface area contributed by atoms with Crippen LogP contribution in [0.25, 0.3) is 0 Å². The number of ether oxygens (including phenoxy) is 1. The fourth-order valence-corrected chi connectivity index (χ4v) is 1.89. The van der Waals surface area contributed by atoms with Crippen LogP contribution in [0.1, 0.15) is 18.5 Å². The molecule has 1 aromatic carbocycles. The first-order chi connectivity index (χ1) is 8.97. The summed E-state index contributed by atoms with van der Waals surface area (Å²) in [5.41, 5.74) is 6.52. The van der Waals surface area contributed by atoms with Crippen molar-refractivity contribution in [3.05, 3.63) is 52.1 Å². The van der Waals surface area contributed by atoms with Gasteiger partial charge in [0.2, 0.25) is 11.7 Å². The Hall–Kier alpha value is -1.53. The van der Waals surface area contributed by atoms with Crippen LogP contribution in [0.3, 0.4) is 0 Å². The fraction of sp³-hybridized carbons (Fsp3) is 0.154. The van der Waals surface area contributed by atoms with Crippen molar-refractivity contribution in [1.82, 2.24) is 4.98 Å². The van der Waals surface area contributed by atoms with E-state index in [1.54, 1.807) is 19.1 Å². The van der Waals surface area contributed by atoms with Gasteiger partial charge >= 0.3 is 0 Å². The van der Waals surface area contributed by atoms with E-state index in [1.165, 1.54) is 12.3 Å². The van der Waals surface area contributed by atoms with Crippen molar-refractivity contribution in [2.75, 3.05) is 0 Å². The summed E-state index contributed by atoms with van der Waals surface area (Å²) in [5.74, 6) is -2.13. The van der Waals surface area contributed by atoms with Crippen LogP contribution in [0.2, 0.25) is 0 Å². The van der Waals surface area contributed by atoms with E-state index in [-0.39, 0.29) is 17.7 Å². The highest BCUT2D eigenvalue weighted by atomic mass is 79.9. The van der Waals surface area contributed by atoms with E-state index >= 15 is 0 Å². The molecule has 0 fully saturated rings. The first-order valence-electron chi connectivity index (χ1n) is 5.51. The van der Waals surface area contributed by atoms with Gasteiger partial charge in [-0.3, -0.25) is 0 Å². The van der Waals surface area contributed by atoms with Crippen LogP contribution in [0, 0.1) is 11.6 Å². The maximum Gasteiger partial charge on any atom is 0.219 e. The number of aromatic nitrogens is 1. The number of nitrogens with two attached hydrogens (primary N) is 1. The Labute approximate surface area is 117 Å².